The zero-order valence-electron chi connectivity index (χ0n) is 12.5. The van der Waals surface area contributed by atoms with Crippen molar-refractivity contribution in [2.45, 2.75) is 12.6 Å². The van der Waals surface area contributed by atoms with Gasteiger partial charge in [0.2, 0.25) is 10.0 Å². The first-order valence-corrected chi connectivity index (χ1v) is 9.03. The Hall–Kier alpha value is -1.96. The number of para-hydroxylation sites is 1. The Kier molecular flexibility index (Phi) is 4.09. The predicted octanol–water partition coefficient (Wildman–Crippen LogP) is 1.84. The van der Waals surface area contributed by atoms with Crippen molar-refractivity contribution in [2.75, 3.05) is 12.8 Å². The molecule has 1 aromatic heterocycles. The summed E-state index contributed by atoms with van der Waals surface area (Å²) in [7, 11) is -3.37. The van der Waals surface area contributed by atoms with E-state index in [-0.39, 0.29) is 18.9 Å². The molecule has 23 heavy (non-hydrogen) atoms. The van der Waals surface area contributed by atoms with Gasteiger partial charge in [0.25, 0.3) is 0 Å². The van der Waals surface area contributed by atoms with E-state index in [4.69, 9.17) is 0 Å². The van der Waals surface area contributed by atoms with Gasteiger partial charge in [-0.1, -0.05) is 18.2 Å². The molecule has 1 atom stereocenters. The maximum atomic E-state index is 13.6. The minimum Gasteiger partial charge on any atom is -0.390 e. The van der Waals surface area contributed by atoms with E-state index in [9.17, 15) is 17.9 Å². The third-order valence-corrected chi connectivity index (χ3v) is 4.40. The predicted molar refractivity (Wildman–Crippen MR) is 88.3 cm³/mol. The fraction of sp³-hybridized carbons (Fsp3) is 0.250. The molecule has 1 heterocycles. The lowest BCUT2D eigenvalue weighted by Crippen LogP contribution is -2.33. The molecule has 0 fully saturated rings. The SMILES string of the molecule is CS(=O)(=O)NCC(O)Cn1c2ccccc2c2ccc(F)cc21. The molecule has 0 saturated carbocycles. The van der Waals surface area contributed by atoms with Gasteiger partial charge in [0.05, 0.1) is 24.4 Å². The van der Waals surface area contributed by atoms with Crippen LogP contribution in [0.5, 0.6) is 0 Å². The fourth-order valence-electron chi connectivity index (χ4n) is 2.74. The van der Waals surface area contributed by atoms with Gasteiger partial charge in [-0.05, 0) is 24.3 Å². The Morgan fingerprint density at radius 1 is 1.17 bits per heavy atom. The molecule has 0 aliphatic heterocycles. The number of sulfonamides is 1. The third kappa shape index (κ3) is 3.36. The number of rotatable bonds is 5. The standard InChI is InChI=1S/C16H17FN2O3S/c1-23(21,22)18-9-12(20)10-19-15-5-3-2-4-13(15)14-7-6-11(17)8-16(14)19/h2-8,12,18,20H,9-10H2,1H3. The van der Waals surface area contributed by atoms with Crippen LogP contribution in [0.4, 0.5) is 4.39 Å². The molecule has 3 aromatic rings. The Labute approximate surface area is 133 Å². The molecular weight excluding hydrogens is 319 g/mol. The number of halogens is 1. The van der Waals surface area contributed by atoms with Crippen LogP contribution in [0.3, 0.4) is 0 Å². The molecule has 7 heteroatoms. The summed E-state index contributed by atoms with van der Waals surface area (Å²) >= 11 is 0. The van der Waals surface area contributed by atoms with Gasteiger partial charge >= 0.3 is 0 Å². The summed E-state index contributed by atoms with van der Waals surface area (Å²) in [6, 6.07) is 12.1. The second-order valence-corrected chi connectivity index (χ2v) is 7.40. The molecule has 0 aliphatic rings. The molecule has 0 radical (unpaired) electrons. The lowest BCUT2D eigenvalue weighted by molar-refractivity contribution is 0.161. The molecule has 2 N–H and O–H groups in total. The van der Waals surface area contributed by atoms with Crippen LogP contribution in [-0.2, 0) is 16.6 Å². The number of aliphatic hydroxyl groups excluding tert-OH is 1. The van der Waals surface area contributed by atoms with Crippen LogP contribution < -0.4 is 4.72 Å². The zero-order chi connectivity index (χ0) is 16.6. The number of aliphatic hydroxyl groups is 1. The number of hydrogen-bond acceptors (Lipinski definition) is 3. The Morgan fingerprint density at radius 3 is 2.61 bits per heavy atom. The van der Waals surface area contributed by atoms with E-state index in [0.717, 1.165) is 22.5 Å². The quantitative estimate of drug-likeness (QED) is 0.747. The van der Waals surface area contributed by atoms with E-state index < -0.39 is 16.1 Å². The summed E-state index contributed by atoms with van der Waals surface area (Å²) in [5, 5.41) is 12.0. The van der Waals surface area contributed by atoms with Crippen LogP contribution in [0.1, 0.15) is 0 Å². The number of nitrogens with one attached hydrogen (secondary N) is 1. The summed E-state index contributed by atoms with van der Waals surface area (Å²) in [5.74, 6) is -0.356. The number of nitrogens with zero attached hydrogens (tertiary/aromatic N) is 1. The average Bonchev–Trinajstić information content (AvgIpc) is 2.78. The highest BCUT2D eigenvalue weighted by molar-refractivity contribution is 7.88. The second kappa shape index (κ2) is 5.92. The first-order valence-electron chi connectivity index (χ1n) is 7.14. The molecule has 0 aliphatic carbocycles. The first kappa shape index (κ1) is 15.9. The molecule has 2 aromatic carbocycles. The van der Waals surface area contributed by atoms with E-state index >= 15 is 0 Å². The van der Waals surface area contributed by atoms with Crippen molar-refractivity contribution in [2.24, 2.45) is 0 Å². The van der Waals surface area contributed by atoms with Gasteiger partial charge in [0.15, 0.2) is 0 Å². The smallest absolute Gasteiger partial charge is 0.208 e. The molecular formula is C16H17FN2O3S. The molecule has 122 valence electrons. The van der Waals surface area contributed by atoms with Crippen LogP contribution in [0, 0.1) is 5.82 Å². The molecule has 1 unspecified atom stereocenters. The van der Waals surface area contributed by atoms with Crippen LogP contribution >= 0.6 is 0 Å². The van der Waals surface area contributed by atoms with E-state index in [1.165, 1.54) is 12.1 Å². The maximum absolute atomic E-state index is 13.6. The summed E-state index contributed by atoms with van der Waals surface area (Å²) in [6.07, 6.45) is 0.113. The van der Waals surface area contributed by atoms with Crippen molar-refractivity contribution in [3.63, 3.8) is 0 Å². The van der Waals surface area contributed by atoms with E-state index in [0.29, 0.717) is 5.52 Å². The third-order valence-electron chi connectivity index (χ3n) is 3.71. The summed E-state index contributed by atoms with van der Waals surface area (Å²) in [6.45, 7) is 0.0676. The topological polar surface area (TPSA) is 71.3 Å². The van der Waals surface area contributed by atoms with Crippen molar-refractivity contribution >= 4 is 31.8 Å². The maximum Gasteiger partial charge on any atom is 0.208 e. The van der Waals surface area contributed by atoms with E-state index in [1.807, 2.05) is 28.8 Å². The van der Waals surface area contributed by atoms with Gasteiger partial charge < -0.3 is 9.67 Å². The van der Waals surface area contributed by atoms with Gasteiger partial charge in [-0.2, -0.15) is 0 Å². The normalized spacial score (nSPS) is 13.7. The summed E-state index contributed by atoms with van der Waals surface area (Å²) in [5.41, 5.74) is 1.54. The summed E-state index contributed by atoms with van der Waals surface area (Å²) in [4.78, 5) is 0. The van der Waals surface area contributed by atoms with Crippen molar-refractivity contribution in [1.29, 1.82) is 0 Å². The first-order chi connectivity index (χ1) is 10.8. The minimum atomic E-state index is -3.37. The zero-order valence-corrected chi connectivity index (χ0v) is 13.3. The average molecular weight is 336 g/mol. The van der Waals surface area contributed by atoms with Crippen LogP contribution in [-0.4, -0.2) is 37.0 Å². The lowest BCUT2D eigenvalue weighted by atomic mass is 10.1. The number of benzene rings is 2. The minimum absolute atomic E-state index is 0.0951. The monoisotopic (exact) mass is 336 g/mol. The fourth-order valence-corrected chi connectivity index (χ4v) is 3.24. The van der Waals surface area contributed by atoms with Crippen molar-refractivity contribution < 1.29 is 17.9 Å². The molecule has 0 amide bonds. The molecule has 5 nitrogen and oxygen atoms in total. The highest BCUT2D eigenvalue weighted by atomic mass is 32.2. The van der Waals surface area contributed by atoms with Crippen LogP contribution in [0.25, 0.3) is 21.8 Å². The second-order valence-electron chi connectivity index (χ2n) is 5.56. The molecule has 0 spiro atoms. The van der Waals surface area contributed by atoms with Crippen molar-refractivity contribution in [1.82, 2.24) is 9.29 Å². The van der Waals surface area contributed by atoms with Gasteiger partial charge in [0.1, 0.15) is 5.82 Å². The van der Waals surface area contributed by atoms with Crippen LogP contribution in [0.15, 0.2) is 42.5 Å². The van der Waals surface area contributed by atoms with Gasteiger partial charge in [-0.3, -0.25) is 0 Å². The van der Waals surface area contributed by atoms with Crippen molar-refractivity contribution in [3.05, 3.63) is 48.3 Å². The molecule has 0 saturated heterocycles. The number of hydrogen-bond donors (Lipinski definition) is 2. The van der Waals surface area contributed by atoms with E-state index in [2.05, 4.69) is 4.72 Å². The Bertz CT molecular complexity index is 966. The van der Waals surface area contributed by atoms with Gasteiger partial charge in [0, 0.05) is 22.8 Å². The van der Waals surface area contributed by atoms with Gasteiger partial charge in [-0.15, -0.1) is 0 Å². The Morgan fingerprint density at radius 2 is 1.87 bits per heavy atom. The number of aromatic nitrogens is 1. The largest absolute Gasteiger partial charge is 0.390 e. The lowest BCUT2D eigenvalue weighted by Gasteiger charge is -2.14. The summed E-state index contributed by atoms with van der Waals surface area (Å²) < 4.78 is 40.0. The van der Waals surface area contributed by atoms with Crippen LogP contribution in [0.2, 0.25) is 0 Å². The molecule has 3 rings (SSSR count). The number of fused-ring (bicyclic) bond motifs is 3. The van der Waals surface area contributed by atoms with Crippen molar-refractivity contribution in [3.8, 4) is 0 Å². The highest BCUT2D eigenvalue weighted by Crippen LogP contribution is 2.29. The van der Waals surface area contributed by atoms with E-state index in [1.54, 1.807) is 6.07 Å². The highest BCUT2D eigenvalue weighted by Gasteiger charge is 2.15. The van der Waals surface area contributed by atoms with Gasteiger partial charge in [-0.25, -0.2) is 17.5 Å². The molecule has 0 bridgehead atoms. The Balaban J connectivity index is 2.02.